The van der Waals surface area contributed by atoms with Crippen LogP contribution in [0.1, 0.15) is 5.56 Å². The van der Waals surface area contributed by atoms with Crippen molar-refractivity contribution in [2.24, 2.45) is 5.73 Å². The van der Waals surface area contributed by atoms with Gasteiger partial charge >= 0.3 is 0 Å². The van der Waals surface area contributed by atoms with Gasteiger partial charge in [-0.25, -0.2) is 4.39 Å². The highest BCUT2D eigenvalue weighted by atomic mass is 19.1. The average Bonchev–Trinajstić information content (AvgIpc) is 2.32. The highest BCUT2D eigenvalue weighted by Crippen LogP contribution is 2.10. The van der Waals surface area contributed by atoms with E-state index in [0.717, 1.165) is 31.8 Å². The van der Waals surface area contributed by atoms with E-state index in [1.807, 2.05) is 12.1 Å². The fourth-order valence-corrected chi connectivity index (χ4v) is 1.91. The van der Waals surface area contributed by atoms with Gasteiger partial charge in [0.2, 0.25) is 0 Å². The van der Waals surface area contributed by atoms with Crippen LogP contribution in [0.3, 0.4) is 0 Å². The first-order valence-electron chi connectivity index (χ1n) is 5.56. The van der Waals surface area contributed by atoms with Crippen molar-refractivity contribution in [3.05, 3.63) is 35.6 Å². The number of ether oxygens (including phenoxy) is 1. The molecule has 0 amide bonds. The first-order chi connectivity index (χ1) is 7.78. The van der Waals surface area contributed by atoms with Gasteiger partial charge in [0, 0.05) is 26.2 Å². The van der Waals surface area contributed by atoms with E-state index >= 15 is 0 Å². The summed E-state index contributed by atoms with van der Waals surface area (Å²) in [4.78, 5) is 2.29. The monoisotopic (exact) mass is 224 g/mol. The maximum atomic E-state index is 12.7. The summed E-state index contributed by atoms with van der Waals surface area (Å²) >= 11 is 0. The SMILES string of the molecule is NCC1CN(Cc2ccc(F)cc2)CCO1. The fourth-order valence-electron chi connectivity index (χ4n) is 1.91. The highest BCUT2D eigenvalue weighted by Gasteiger charge is 2.18. The van der Waals surface area contributed by atoms with Crippen LogP contribution in [-0.4, -0.2) is 37.2 Å². The fraction of sp³-hybridized carbons (Fsp3) is 0.500. The van der Waals surface area contributed by atoms with Crippen LogP contribution in [0.5, 0.6) is 0 Å². The Balaban J connectivity index is 1.91. The second-order valence-electron chi connectivity index (χ2n) is 4.09. The van der Waals surface area contributed by atoms with E-state index in [0.29, 0.717) is 6.54 Å². The van der Waals surface area contributed by atoms with Crippen molar-refractivity contribution in [1.29, 1.82) is 0 Å². The van der Waals surface area contributed by atoms with Crippen LogP contribution in [0, 0.1) is 5.82 Å². The summed E-state index contributed by atoms with van der Waals surface area (Å²) in [6, 6.07) is 6.64. The molecule has 1 fully saturated rings. The Hall–Kier alpha value is -0.970. The van der Waals surface area contributed by atoms with E-state index in [1.54, 1.807) is 0 Å². The highest BCUT2D eigenvalue weighted by molar-refractivity contribution is 5.15. The van der Waals surface area contributed by atoms with Crippen molar-refractivity contribution in [1.82, 2.24) is 4.90 Å². The molecule has 2 N–H and O–H groups in total. The van der Waals surface area contributed by atoms with Crippen molar-refractivity contribution in [3.8, 4) is 0 Å². The third-order valence-electron chi connectivity index (χ3n) is 2.81. The molecule has 1 aromatic rings. The molecule has 1 saturated heterocycles. The Bertz CT molecular complexity index is 328. The van der Waals surface area contributed by atoms with Gasteiger partial charge in [-0.3, -0.25) is 4.90 Å². The normalized spacial score (nSPS) is 22.2. The van der Waals surface area contributed by atoms with Crippen molar-refractivity contribution >= 4 is 0 Å². The van der Waals surface area contributed by atoms with Gasteiger partial charge in [0.05, 0.1) is 12.7 Å². The molecule has 1 heterocycles. The van der Waals surface area contributed by atoms with Gasteiger partial charge in [-0.2, -0.15) is 0 Å². The number of benzene rings is 1. The Morgan fingerprint density at radius 3 is 2.81 bits per heavy atom. The predicted molar refractivity (Wildman–Crippen MR) is 60.5 cm³/mol. The number of nitrogens with zero attached hydrogens (tertiary/aromatic N) is 1. The Morgan fingerprint density at radius 2 is 2.12 bits per heavy atom. The van der Waals surface area contributed by atoms with Gasteiger partial charge in [0.25, 0.3) is 0 Å². The molecule has 1 aromatic carbocycles. The van der Waals surface area contributed by atoms with Gasteiger partial charge < -0.3 is 10.5 Å². The smallest absolute Gasteiger partial charge is 0.123 e. The average molecular weight is 224 g/mol. The quantitative estimate of drug-likeness (QED) is 0.832. The van der Waals surface area contributed by atoms with E-state index < -0.39 is 0 Å². The standard InChI is InChI=1S/C12H17FN2O/c13-11-3-1-10(2-4-11)8-15-5-6-16-12(7-14)9-15/h1-4,12H,5-9,14H2. The second kappa shape index (κ2) is 5.39. The van der Waals surface area contributed by atoms with Crippen LogP contribution in [0.25, 0.3) is 0 Å². The zero-order valence-electron chi connectivity index (χ0n) is 9.23. The molecule has 3 nitrogen and oxygen atoms in total. The Kier molecular flexibility index (Phi) is 3.88. The molecule has 1 atom stereocenters. The molecule has 2 rings (SSSR count). The molecule has 0 bridgehead atoms. The van der Waals surface area contributed by atoms with Crippen LogP contribution >= 0.6 is 0 Å². The van der Waals surface area contributed by atoms with Crippen molar-refractivity contribution in [2.75, 3.05) is 26.2 Å². The topological polar surface area (TPSA) is 38.5 Å². The van der Waals surface area contributed by atoms with E-state index in [4.69, 9.17) is 10.5 Å². The second-order valence-corrected chi connectivity index (χ2v) is 4.09. The molecule has 0 aromatic heterocycles. The minimum Gasteiger partial charge on any atom is -0.374 e. The third-order valence-corrected chi connectivity index (χ3v) is 2.81. The number of morpholine rings is 1. The van der Waals surface area contributed by atoms with Gasteiger partial charge in [-0.15, -0.1) is 0 Å². The summed E-state index contributed by atoms with van der Waals surface area (Å²) in [6.07, 6.45) is 0.134. The van der Waals surface area contributed by atoms with Crippen LogP contribution < -0.4 is 5.73 Å². The lowest BCUT2D eigenvalue weighted by atomic mass is 10.2. The zero-order valence-corrected chi connectivity index (χ0v) is 9.23. The summed E-state index contributed by atoms with van der Waals surface area (Å²) in [5.74, 6) is -0.189. The molecule has 4 heteroatoms. The molecule has 0 saturated carbocycles. The number of hydrogen-bond donors (Lipinski definition) is 1. The molecule has 0 radical (unpaired) electrons. The van der Waals surface area contributed by atoms with Crippen LogP contribution in [0.4, 0.5) is 4.39 Å². The van der Waals surface area contributed by atoms with Gasteiger partial charge in [-0.1, -0.05) is 12.1 Å². The summed E-state index contributed by atoms with van der Waals surface area (Å²) in [5, 5.41) is 0. The molecule has 1 aliphatic heterocycles. The largest absolute Gasteiger partial charge is 0.374 e. The van der Waals surface area contributed by atoms with E-state index in [1.165, 1.54) is 12.1 Å². The molecular weight excluding hydrogens is 207 g/mol. The van der Waals surface area contributed by atoms with Crippen LogP contribution in [0.15, 0.2) is 24.3 Å². The van der Waals surface area contributed by atoms with Crippen molar-refractivity contribution in [3.63, 3.8) is 0 Å². The van der Waals surface area contributed by atoms with Gasteiger partial charge in [0.1, 0.15) is 5.82 Å². The number of hydrogen-bond acceptors (Lipinski definition) is 3. The molecule has 16 heavy (non-hydrogen) atoms. The van der Waals surface area contributed by atoms with Gasteiger partial charge in [-0.05, 0) is 17.7 Å². The lowest BCUT2D eigenvalue weighted by molar-refractivity contribution is -0.0260. The maximum absolute atomic E-state index is 12.7. The molecular formula is C12H17FN2O. The Morgan fingerprint density at radius 1 is 1.38 bits per heavy atom. The summed E-state index contributed by atoms with van der Waals surface area (Å²) in [7, 11) is 0. The maximum Gasteiger partial charge on any atom is 0.123 e. The summed E-state index contributed by atoms with van der Waals surface area (Å²) < 4.78 is 18.2. The molecule has 0 spiro atoms. The molecule has 88 valence electrons. The summed E-state index contributed by atoms with van der Waals surface area (Å²) in [5.41, 5.74) is 6.70. The first kappa shape index (κ1) is 11.5. The van der Waals surface area contributed by atoms with E-state index in [2.05, 4.69) is 4.90 Å². The predicted octanol–water partition coefficient (Wildman–Crippen LogP) is 0.985. The third kappa shape index (κ3) is 3.01. The van der Waals surface area contributed by atoms with Crippen LogP contribution in [-0.2, 0) is 11.3 Å². The number of halogens is 1. The first-order valence-corrected chi connectivity index (χ1v) is 5.56. The van der Waals surface area contributed by atoms with E-state index in [9.17, 15) is 4.39 Å². The molecule has 0 aliphatic carbocycles. The minimum atomic E-state index is -0.189. The van der Waals surface area contributed by atoms with Crippen LogP contribution in [0.2, 0.25) is 0 Å². The Labute approximate surface area is 95.0 Å². The van der Waals surface area contributed by atoms with Gasteiger partial charge in [0.15, 0.2) is 0 Å². The number of rotatable bonds is 3. The number of nitrogens with two attached hydrogens (primary N) is 1. The lowest BCUT2D eigenvalue weighted by Crippen LogP contribution is -2.45. The van der Waals surface area contributed by atoms with Crippen molar-refractivity contribution in [2.45, 2.75) is 12.6 Å². The minimum absolute atomic E-state index is 0.134. The molecule has 1 aliphatic rings. The zero-order chi connectivity index (χ0) is 11.4. The van der Waals surface area contributed by atoms with Crippen molar-refractivity contribution < 1.29 is 9.13 Å². The molecule has 1 unspecified atom stereocenters. The summed E-state index contributed by atoms with van der Waals surface area (Å²) in [6.45, 7) is 3.88. The lowest BCUT2D eigenvalue weighted by Gasteiger charge is -2.32. The van der Waals surface area contributed by atoms with E-state index in [-0.39, 0.29) is 11.9 Å².